The minimum atomic E-state index is -0.248. The van der Waals surface area contributed by atoms with E-state index < -0.39 is 0 Å². The molecular weight excluding hydrogens is 457 g/mol. The molecule has 8 heteroatoms. The lowest BCUT2D eigenvalue weighted by Gasteiger charge is -2.21. The molecule has 1 saturated carbocycles. The van der Waals surface area contributed by atoms with E-state index in [0.29, 0.717) is 24.5 Å². The molecule has 7 nitrogen and oxygen atoms in total. The first-order valence-corrected chi connectivity index (χ1v) is 9.23. The van der Waals surface area contributed by atoms with Crippen LogP contribution in [0.15, 0.2) is 23.3 Å². The van der Waals surface area contributed by atoms with Gasteiger partial charge in [-0.15, -0.1) is 24.0 Å². The lowest BCUT2D eigenvalue weighted by Crippen LogP contribution is -2.48. The second kappa shape index (κ2) is 11.3. The fourth-order valence-electron chi connectivity index (χ4n) is 2.83. The number of halogens is 1. The van der Waals surface area contributed by atoms with Crippen molar-refractivity contribution >= 4 is 35.8 Å². The van der Waals surface area contributed by atoms with Crippen LogP contribution in [-0.4, -0.2) is 42.1 Å². The Morgan fingerprint density at radius 1 is 1.30 bits per heavy atom. The van der Waals surface area contributed by atoms with Crippen molar-refractivity contribution in [2.75, 3.05) is 13.6 Å². The smallest absolute Gasteiger partial charge is 0.239 e. The van der Waals surface area contributed by atoms with Crippen LogP contribution in [-0.2, 0) is 11.3 Å². The number of carbonyl (C=O) groups is 1. The van der Waals surface area contributed by atoms with E-state index in [1.807, 2.05) is 32.9 Å². The molecule has 1 aliphatic rings. The molecule has 2 rings (SSSR count). The van der Waals surface area contributed by atoms with Crippen LogP contribution in [0.25, 0.3) is 0 Å². The summed E-state index contributed by atoms with van der Waals surface area (Å²) < 4.78 is 5.94. The Labute approximate surface area is 179 Å². The van der Waals surface area contributed by atoms with Gasteiger partial charge in [-0.05, 0) is 58.1 Å². The maximum atomic E-state index is 11.9. The molecule has 3 N–H and O–H groups in total. The van der Waals surface area contributed by atoms with Gasteiger partial charge in [0.1, 0.15) is 6.10 Å². The number of hydrogen-bond donors (Lipinski definition) is 3. The Morgan fingerprint density at radius 3 is 2.63 bits per heavy atom. The van der Waals surface area contributed by atoms with E-state index in [1.165, 1.54) is 12.8 Å². The average molecular weight is 489 g/mol. The highest BCUT2D eigenvalue weighted by Gasteiger charge is 2.17. The van der Waals surface area contributed by atoms with Crippen molar-refractivity contribution in [1.82, 2.24) is 20.9 Å². The van der Waals surface area contributed by atoms with E-state index in [2.05, 4.69) is 25.9 Å². The highest BCUT2D eigenvalue weighted by atomic mass is 127. The van der Waals surface area contributed by atoms with E-state index in [4.69, 9.17) is 4.74 Å². The SMILES string of the molecule is CN=C(NCC(=O)NC(C)(C)C)NCc1ccnc(OC2CCCC2)c1.I. The summed E-state index contributed by atoms with van der Waals surface area (Å²) in [5.74, 6) is 1.17. The number of aromatic nitrogens is 1. The van der Waals surface area contributed by atoms with Crippen molar-refractivity contribution in [2.45, 2.75) is 64.6 Å². The molecule has 0 atom stereocenters. The van der Waals surface area contributed by atoms with Gasteiger partial charge >= 0.3 is 0 Å². The monoisotopic (exact) mass is 489 g/mol. The summed E-state index contributed by atoms with van der Waals surface area (Å²) in [6, 6.07) is 3.89. The van der Waals surface area contributed by atoms with Crippen LogP contribution in [0, 0.1) is 0 Å². The number of carbonyl (C=O) groups excluding carboxylic acids is 1. The molecule has 152 valence electrons. The van der Waals surface area contributed by atoms with Crippen molar-refractivity contribution < 1.29 is 9.53 Å². The Bertz CT molecular complexity index is 625. The standard InChI is InChI=1S/C19H31N5O2.HI/c1-19(2,3)24-16(25)13-23-18(20-4)22-12-14-9-10-21-17(11-14)26-15-7-5-6-8-15;/h9-11,15H,5-8,12-13H2,1-4H3,(H,24,25)(H2,20,22,23);1H. The molecule has 0 radical (unpaired) electrons. The van der Waals surface area contributed by atoms with Gasteiger partial charge in [-0.25, -0.2) is 4.98 Å². The van der Waals surface area contributed by atoms with Gasteiger partial charge in [-0.2, -0.15) is 0 Å². The van der Waals surface area contributed by atoms with Crippen molar-refractivity contribution in [1.29, 1.82) is 0 Å². The molecule has 0 unspecified atom stereocenters. The molecule has 0 saturated heterocycles. The molecule has 1 aromatic heterocycles. The molecule has 0 spiro atoms. The number of guanidine groups is 1. The molecule has 0 aliphatic heterocycles. The normalized spacial score (nSPS) is 15.0. The third-order valence-corrected chi connectivity index (χ3v) is 4.00. The van der Waals surface area contributed by atoms with Crippen LogP contribution in [0.4, 0.5) is 0 Å². The van der Waals surface area contributed by atoms with Crippen LogP contribution in [0.1, 0.15) is 52.0 Å². The molecular formula is C19H32IN5O2. The molecule has 1 aromatic rings. The van der Waals surface area contributed by atoms with E-state index in [1.54, 1.807) is 13.2 Å². The predicted octanol–water partition coefficient (Wildman–Crippen LogP) is 2.60. The Morgan fingerprint density at radius 2 is 2.00 bits per heavy atom. The zero-order valence-electron chi connectivity index (χ0n) is 16.7. The first-order valence-electron chi connectivity index (χ1n) is 9.23. The zero-order chi connectivity index (χ0) is 19.0. The van der Waals surface area contributed by atoms with Crippen LogP contribution in [0.5, 0.6) is 5.88 Å². The van der Waals surface area contributed by atoms with Crippen molar-refractivity contribution in [3.05, 3.63) is 23.9 Å². The number of rotatable bonds is 6. The quantitative estimate of drug-likeness (QED) is 0.325. The van der Waals surface area contributed by atoms with Gasteiger partial charge in [0.25, 0.3) is 0 Å². The van der Waals surface area contributed by atoms with Gasteiger partial charge in [0, 0.05) is 31.4 Å². The molecule has 1 amide bonds. The molecule has 1 fully saturated rings. The Balaban J connectivity index is 0.00000364. The van der Waals surface area contributed by atoms with Gasteiger partial charge < -0.3 is 20.7 Å². The number of ether oxygens (including phenoxy) is 1. The number of amides is 1. The number of hydrogen-bond acceptors (Lipinski definition) is 4. The Hall–Kier alpha value is -1.58. The van der Waals surface area contributed by atoms with Gasteiger partial charge in [-0.1, -0.05) is 0 Å². The zero-order valence-corrected chi connectivity index (χ0v) is 19.0. The number of nitrogens with zero attached hydrogens (tertiary/aromatic N) is 2. The number of pyridine rings is 1. The highest BCUT2D eigenvalue weighted by molar-refractivity contribution is 14.0. The van der Waals surface area contributed by atoms with Crippen LogP contribution >= 0.6 is 24.0 Å². The fourth-order valence-corrected chi connectivity index (χ4v) is 2.83. The maximum absolute atomic E-state index is 11.9. The minimum Gasteiger partial charge on any atom is -0.474 e. The lowest BCUT2D eigenvalue weighted by molar-refractivity contribution is -0.121. The third-order valence-electron chi connectivity index (χ3n) is 4.00. The molecule has 0 aromatic carbocycles. The maximum Gasteiger partial charge on any atom is 0.239 e. The number of nitrogens with one attached hydrogen (secondary N) is 3. The van der Waals surface area contributed by atoms with Crippen molar-refractivity contribution in [3.63, 3.8) is 0 Å². The van der Waals surface area contributed by atoms with Gasteiger partial charge in [-0.3, -0.25) is 9.79 Å². The second-order valence-corrected chi connectivity index (χ2v) is 7.60. The van der Waals surface area contributed by atoms with E-state index in [-0.39, 0.29) is 42.0 Å². The van der Waals surface area contributed by atoms with Gasteiger partial charge in [0.05, 0.1) is 6.54 Å². The molecule has 27 heavy (non-hydrogen) atoms. The molecule has 1 heterocycles. The Kier molecular flexibility index (Phi) is 9.82. The predicted molar refractivity (Wildman–Crippen MR) is 119 cm³/mol. The molecule has 1 aliphatic carbocycles. The van der Waals surface area contributed by atoms with Crippen molar-refractivity contribution in [3.8, 4) is 5.88 Å². The van der Waals surface area contributed by atoms with Crippen LogP contribution < -0.4 is 20.7 Å². The first kappa shape index (κ1) is 23.5. The summed E-state index contributed by atoms with van der Waals surface area (Å²) in [7, 11) is 1.68. The van der Waals surface area contributed by atoms with E-state index >= 15 is 0 Å². The minimum absolute atomic E-state index is 0. The molecule has 0 bridgehead atoms. The van der Waals surface area contributed by atoms with Crippen molar-refractivity contribution in [2.24, 2.45) is 4.99 Å². The topological polar surface area (TPSA) is 87.6 Å². The van der Waals surface area contributed by atoms with Gasteiger partial charge in [0.2, 0.25) is 11.8 Å². The van der Waals surface area contributed by atoms with E-state index in [9.17, 15) is 4.79 Å². The number of aliphatic imine (C=N–C) groups is 1. The van der Waals surface area contributed by atoms with Gasteiger partial charge in [0.15, 0.2) is 5.96 Å². The highest BCUT2D eigenvalue weighted by Crippen LogP contribution is 2.23. The van der Waals surface area contributed by atoms with E-state index in [0.717, 1.165) is 18.4 Å². The largest absolute Gasteiger partial charge is 0.474 e. The summed E-state index contributed by atoms with van der Waals surface area (Å²) in [5.41, 5.74) is 0.803. The lowest BCUT2D eigenvalue weighted by atomic mass is 10.1. The summed E-state index contributed by atoms with van der Waals surface area (Å²) in [5, 5.41) is 9.12. The summed E-state index contributed by atoms with van der Waals surface area (Å²) in [4.78, 5) is 20.3. The fraction of sp³-hybridized carbons (Fsp3) is 0.632. The van der Waals surface area contributed by atoms with Crippen LogP contribution in [0.2, 0.25) is 0 Å². The first-order chi connectivity index (χ1) is 12.4. The average Bonchev–Trinajstić information content (AvgIpc) is 3.07. The van der Waals surface area contributed by atoms with Crippen LogP contribution in [0.3, 0.4) is 0 Å². The summed E-state index contributed by atoms with van der Waals surface area (Å²) in [6.45, 7) is 6.60. The summed E-state index contributed by atoms with van der Waals surface area (Å²) >= 11 is 0. The summed E-state index contributed by atoms with van der Waals surface area (Å²) in [6.07, 6.45) is 6.73. The second-order valence-electron chi connectivity index (χ2n) is 7.60. The third kappa shape index (κ3) is 9.25.